The van der Waals surface area contributed by atoms with Crippen molar-refractivity contribution in [2.75, 3.05) is 25.6 Å². The van der Waals surface area contributed by atoms with Gasteiger partial charge in [-0.1, -0.05) is 6.92 Å². The number of nitrogens with one attached hydrogen (secondary N) is 1. The van der Waals surface area contributed by atoms with Gasteiger partial charge < -0.3 is 15.2 Å². The normalized spacial score (nSPS) is 12.5. The van der Waals surface area contributed by atoms with Gasteiger partial charge in [-0.15, -0.1) is 0 Å². The zero-order valence-corrected chi connectivity index (χ0v) is 9.40. The summed E-state index contributed by atoms with van der Waals surface area (Å²) in [5.41, 5.74) is 0.360. The standard InChI is InChI=1S/C10H16FN3O2/c1-3-8-9(11)10(14-6-13-8)12-4-7(15)5-16-2/h6-7,15H,3-5H2,1-2H3,(H,12,13,14)/t7-/m0/s1. The molecule has 90 valence electrons. The van der Waals surface area contributed by atoms with Crippen LogP contribution in [0.25, 0.3) is 0 Å². The number of aliphatic hydroxyl groups is 1. The lowest BCUT2D eigenvalue weighted by Crippen LogP contribution is -2.25. The molecule has 0 aromatic carbocycles. The fraction of sp³-hybridized carbons (Fsp3) is 0.600. The first-order valence-electron chi connectivity index (χ1n) is 5.09. The first kappa shape index (κ1) is 12.8. The summed E-state index contributed by atoms with van der Waals surface area (Å²) in [5, 5.41) is 12.1. The highest BCUT2D eigenvalue weighted by atomic mass is 19.1. The van der Waals surface area contributed by atoms with Gasteiger partial charge in [0, 0.05) is 13.7 Å². The van der Waals surface area contributed by atoms with E-state index in [1.165, 1.54) is 13.4 Å². The molecule has 6 heteroatoms. The molecule has 5 nitrogen and oxygen atoms in total. The van der Waals surface area contributed by atoms with Crippen LogP contribution in [-0.4, -0.2) is 41.4 Å². The number of aromatic nitrogens is 2. The average Bonchev–Trinajstić information content (AvgIpc) is 2.28. The lowest BCUT2D eigenvalue weighted by molar-refractivity contribution is 0.0726. The van der Waals surface area contributed by atoms with Crippen LogP contribution in [0.5, 0.6) is 0 Å². The average molecular weight is 229 g/mol. The smallest absolute Gasteiger partial charge is 0.186 e. The van der Waals surface area contributed by atoms with Crippen molar-refractivity contribution >= 4 is 5.82 Å². The van der Waals surface area contributed by atoms with Crippen molar-refractivity contribution < 1.29 is 14.2 Å². The molecule has 0 aliphatic rings. The Balaban J connectivity index is 2.60. The van der Waals surface area contributed by atoms with Gasteiger partial charge in [-0.25, -0.2) is 14.4 Å². The van der Waals surface area contributed by atoms with Crippen LogP contribution in [0.1, 0.15) is 12.6 Å². The molecule has 0 aliphatic carbocycles. The van der Waals surface area contributed by atoms with E-state index in [-0.39, 0.29) is 19.0 Å². The van der Waals surface area contributed by atoms with Gasteiger partial charge in [0.2, 0.25) is 0 Å². The van der Waals surface area contributed by atoms with Crippen molar-refractivity contribution in [3.8, 4) is 0 Å². The molecule has 0 saturated carbocycles. The quantitative estimate of drug-likeness (QED) is 0.747. The fourth-order valence-electron chi connectivity index (χ4n) is 1.24. The Hall–Kier alpha value is -1.27. The van der Waals surface area contributed by atoms with Crippen LogP contribution in [0.3, 0.4) is 0 Å². The third-order valence-corrected chi connectivity index (χ3v) is 2.06. The highest BCUT2D eigenvalue weighted by Crippen LogP contribution is 2.12. The van der Waals surface area contributed by atoms with E-state index >= 15 is 0 Å². The Morgan fingerprint density at radius 2 is 2.31 bits per heavy atom. The summed E-state index contributed by atoms with van der Waals surface area (Å²) in [5.74, 6) is -0.350. The minimum absolute atomic E-state index is 0.113. The number of hydrogen-bond donors (Lipinski definition) is 2. The molecular formula is C10H16FN3O2. The van der Waals surface area contributed by atoms with E-state index in [4.69, 9.17) is 4.74 Å². The number of anilines is 1. The first-order chi connectivity index (χ1) is 7.69. The first-order valence-corrected chi connectivity index (χ1v) is 5.09. The van der Waals surface area contributed by atoms with Crippen LogP contribution < -0.4 is 5.32 Å². The third kappa shape index (κ3) is 3.39. The van der Waals surface area contributed by atoms with Crippen LogP contribution in [0.2, 0.25) is 0 Å². The molecule has 0 aliphatic heterocycles. The minimum Gasteiger partial charge on any atom is -0.389 e. The Morgan fingerprint density at radius 1 is 1.56 bits per heavy atom. The van der Waals surface area contributed by atoms with Crippen LogP contribution in [-0.2, 0) is 11.2 Å². The van der Waals surface area contributed by atoms with E-state index in [9.17, 15) is 9.50 Å². The van der Waals surface area contributed by atoms with Crippen LogP contribution in [0.15, 0.2) is 6.33 Å². The molecule has 16 heavy (non-hydrogen) atoms. The van der Waals surface area contributed by atoms with Crippen molar-refractivity contribution in [2.45, 2.75) is 19.4 Å². The van der Waals surface area contributed by atoms with Crippen molar-refractivity contribution in [1.82, 2.24) is 9.97 Å². The molecular weight excluding hydrogens is 213 g/mol. The lowest BCUT2D eigenvalue weighted by Gasteiger charge is -2.12. The second kappa shape index (κ2) is 6.34. The molecule has 0 amide bonds. The maximum atomic E-state index is 13.6. The zero-order valence-electron chi connectivity index (χ0n) is 9.40. The molecule has 1 atom stereocenters. The van der Waals surface area contributed by atoms with E-state index in [2.05, 4.69) is 15.3 Å². The van der Waals surface area contributed by atoms with Crippen molar-refractivity contribution in [3.05, 3.63) is 17.8 Å². The van der Waals surface area contributed by atoms with Crippen molar-refractivity contribution in [3.63, 3.8) is 0 Å². The molecule has 1 rings (SSSR count). The highest BCUT2D eigenvalue weighted by molar-refractivity contribution is 5.37. The van der Waals surface area contributed by atoms with Gasteiger partial charge in [0.1, 0.15) is 6.33 Å². The second-order valence-electron chi connectivity index (χ2n) is 3.33. The van der Waals surface area contributed by atoms with Gasteiger partial charge in [0.25, 0.3) is 0 Å². The fourth-order valence-corrected chi connectivity index (χ4v) is 1.24. The third-order valence-electron chi connectivity index (χ3n) is 2.06. The molecule has 1 heterocycles. The second-order valence-corrected chi connectivity index (χ2v) is 3.33. The van der Waals surface area contributed by atoms with Gasteiger partial charge in [0.15, 0.2) is 11.6 Å². The number of halogens is 1. The summed E-state index contributed by atoms with van der Waals surface area (Å²) < 4.78 is 18.4. The molecule has 0 unspecified atom stereocenters. The summed E-state index contributed by atoms with van der Waals surface area (Å²) in [6, 6.07) is 0. The van der Waals surface area contributed by atoms with Crippen LogP contribution >= 0.6 is 0 Å². The zero-order chi connectivity index (χ0) is 12.0. The maximum Gasteiger partial charge on any atom is 0.186 e. The van der Waals surface area contributed by atoms with E-state index < -0.39 is 11.9 Å². The van der Waals surface area contributed by atoms with Crippen molar-refractivity contribution in [1.29, 1.82) is 0 Å². The van der Waals surface area contributed by atoms with E-state index in [1.807, 2.05) is 6.92 Å². The van der Waals surface area contributed by atoms with Gasteiger partial charge in [-0.2, -0.15) is 0 Å². The number of nitrogens with zero attached hydrogens (tertiary/aromatic N) is 2. The molecule has 0 bridgehead atoms. The number of hydrogen-bond acceptors (Lipinski definition) is 5. The number of ether oxygens (including phenoxy) is 1. The number of methoxy groups -OCH3 is 1. The maximum absolute atomic E-state index is 13.6. The van der Waals surface area contributed by atoms with Crippen LogP contribution in [0, 0.1) is 5.82 Å². The number of rotatable bonds is 6. The van der Waals surface area contributed by atoms with Gasteiger partial charge in [0.05, 0.1) is 18.4 Å². The largest absolute Gasteiger partial charge is 0.389 e. The Labute approximate surface area is 93.7 Å². The highest BCUT2D eigenvalue weighted by Gasteiger charge is 2.10. The van der Waals surface area contributed by atoms with Crippen LogP contribution in [0.4, 0.5) is 10.2 Å². The number of aliphatic hydroxyl groups excluding tert-OH is 1. The summed E-state index contributed by atoms with van der Waals surface area (Å²) in [6.45, 7) is 2.19. The lowest BCUT2D eigenvalue weighted by atomic mass is 10.3. The van der Waals surface area contributed by atoms with E-state index in [0.29, 0.717) is 12.1 Å². The minimum atomic E-state index is -0.690. The molecule has 1 aromatic rings. The van der Waals surface area contributed by atoms with Gasteiger partial charge >= 0.3 is 0 Å². The van der Waals surface area contributed by atoms with E-state index in [1.54, 1.807) is 0 Å². The molecule has 1 aromatic heterocycles. The Kier molecular flexibility index (Phi) is 5.07. The van der Waals surface area contributed by atoms with Gasteiger partial charge in [-0.05, 0) is 6.42 Å². The van der Waals surface area contributed by atoms with Gasteiger partial charge in [-0.3, -0.25) is 0 Å². The summed E-state index contributed by atoms with van der Waals surface area (Å²) in [6.07, 6.45) is 1.11. The Bertz CT molecular complexity index is 336. The molecule has 2 N–H and O–H groups in total. The predicted molar refractivity (Wildman–Crippen MR) is 57.7 cm³/mol. The summed E-state index contributed by atoms with van der Waals surface area (Å²) in [7, 11) is 1.49. The topological polar surface area (TPSA) is 67.3 Å². The van der Waals surface area contributed by atoms with E-state index in [0.717, 1.165) is 0 Å². The molecule has 0 saturated heterocycles. The summed E-state index contributed by atoms with van der Waals surface area (Å²) in [4.78, 5) is 7.58. The predicted octanol–water partition coefficient (Wildman–Crippen LogP) is 0.597. The number of aryl methyl sites for hydroxylation is 1. The molecule has 0 spiro atoms. The molecule has 0 radical (unpaired) electrons. The summed E-state index contributed by atoms with van der Waals surface area (Å²) >= 11 is 0. The SMILES string of the molecule is CCc1ncnc(NC[C@H](O)COC)c1F. The van der Waals surface area contributed by atoms with Crippen molar-refractivity contribution in [2.24, 2.45) is 0 Å². The monoisotopic (exact) mass is 229 g/mol. The Morgan fingerprint density at radius 3 is 2.94 bits per heavy atom. The molecule has 0 fully saturated rings.